The van der Waals surface area contributed by atoms with Gasteiger partial charge in [-0.1, -0.05) is 38.3 Å². The van der Waals surface area contributed by atoms with Crippen molar-refractivity contribution < 1.29 is 35.8 Å². The van der Waals surface area contributed by atoms with E-state index in [1.807, 2.05) is 0 Å². The van der Waals surface area contributed by atoms with Crippen molar-refractivity contribution in [1.82, 2.24) is 0 Å². The number of halogens is 6. The molecule has 176 valence electrons. The summed E-state index contributed by atoms with van der Waals surface area (Å²) < 4.78 is 87.5. The number of rotatable bonds is 8. The molecule has 0 spiro atoms. The highest BCUT2D eigenvalue weighted by Crippen LogP contribution is 2.39. The number of ether oxygens (including phenoxy) is 2. The van der Waals surface area contributed by atoms with Gasteiger partial charge in [0.25, 0.3) is 0 Å². The Morgan fingerprint density at radius 1 is 0.875 bits per heavy atom. The maximum Gasteiger partial charge on any atom is 0.573 e. The van der Waals surface area contributed by atoms with Gasteiger partial charge in [0.15, 0.2) is 11.6 Å². The minimum Gasteiger partial charge on any atom is -0.429 e. The Hall–Kier alpha value is -2.38. The Labute approximate surface area is 183 Å². The zero-order valence-electron chi connectivity index (χ0n) is 17.7. The van der Waals surface area contributed by atoms with E-state index in [1.54, 1.807) is 12.1 Å². The van der Waals surface area contributed by atoms with Gasteiger partial charge in [0.2, 0.25) is 0 Å². The van der Waals surface area contributed by atoms with Crippen LogP contribution in [0.3, 0.4) is 0 Å². The van der Waals surface area contributed by atoms with E-state index in [1.165, 1.54) is 31.4 Å². The average Bonchev–Trinajstić information content (AvgIpc) is 2.74. The van der Waals surface area contributed by atoms with Crippen LogP contribution in [0, 0.1) is 11.7 Å². The highest BCUT2D eigenvalue weighted by Gasteiger charge is 2.36. The van der Waals surface area contributed by atoms with Crippen molar-refractivity contribution in [2.75, 3.05) is 0 Å². The van der Waals surface area contributed by atoms with Crippen LogP contribution in [0.4, 0.5) is 26.3 Å². The zero-order valence-corrected chi connectivity index (χ0v) is 17.7. The first-order valence-corrected chi connectivity index (χ1v) is 10.8. The summed E-state index contributed by atoms with van der Waals surface area (Å²) in [7, 11) is 0. The van der Waals surface area contributed by atoms with E-state index in [0.29, 0.717) is 18.1 Å². The van der Waals surface area contributed by atoms with Crippen molar-refractivity contribution in [3.8, 4) is 11.5 Å². The minimum atomic E-state index is -5.09. The highest BCUT2D eigenvalue weighted by molar-refractivity contribution is 5.34. The Kier molecular flexibility index (Phi) is 7.62. The average molecular weight is 460 g/mol. The molecule has 0 unspecified atom stereocenters. The lowest BCUT2D eigenvalue weighted by Gasteiger charge is -2.29. The third kappa shape index (κ3) is 6.56. The van der Waals surface area contributed by atoms with Gasteiger partial charge in [-0.15, -0.1) is 13.2 Å². The number of unbranched alkanes of at least 4 members (excludes halogenated alkanes) is 1. The first-order valence-electron chi connectivity index (χ1n) is 10.8. The maximum absolute atomic E-state index is 14.5. The lowest BCUT2D eigenvalue weighted by molar-refractivity contribution is -0.275. The molecule has 0 saturated heterocycles. The van der Waals surface area contributed by atoms with Crippen molar-refractivity contribution in [2.45, 2.75) is 70.3 Å². The normalized spacial score (nSPS) is 19.6. The summed E-state index contributed by atoms with van der Waals surface area (Å²) in [5.74, 6) is -2.11. The minimum absolute atomic E-state index is 0.340. The second-order valence-electron chi connectivity index (χ2n) is 8.24. The second kappa shape index (κ2) is 10.0. The van der Waals surface area contributed by atoms with Gasteiger partial charge in [-0.3, -0.25) is 0 Å². The van der Waals surface area contributed by atoms with Gasteiger partial charge in [-0.2, -0.15) is 8.78 Å². The molecule has 0 N–H and O–H groups in total. The van der Waals surface area contributed by atoms with Gasteiger partial charge >= 0.3 is 12.5 Å². The number of alkyl halides is 5. The molecule has 3 rings (SSSR count). The van der Waals surface area contributed by atoms with Crippen LogP contribution in [0.15, 0.2) is 42.5 Å². The van der Waals surface area contributed by atoms with Crippen LogP contribution in [-0.4, -0.2) is 6.36 Å². The fourth-order valence-corrected chi connectivity index (χ4v) is 4.19. The summed E-state index contributed by atoms with van der Waals surface area (Å²) >= 11 is 0. The van der Waals surface area contributed by atoms with Gasteiger partial charge in [-0.05, 0) is 67.3 Å². The van der Waals surface area contributed by atoms with Crippen molar-refractivity contribution in [1.29, 1.82) is 0 Å². The number of hydrogen-bond donors (Lipinski definition) is 0. The molecule has 1 aliphatic rings. The molecule has 8 heteroatoms. The summed E-state index contributed by atoms with van der Waals surface area (Å²) in [6.45, 7) is 2.18. The molecule has 0 aromatic heterocycles. The van der Waals surface area contributed by atoms with Crippen LogP contribution in [0.25, 0.3) is 0 Å². The van der Waals surface area contributed by atoms with E-state index in [9.17, 15) is 26.3 Å². The van der Waals surface area contributed by atoms with Gasteiger partial charge < -0.3 is 9.47 Å². The lowest BCUT2D eigenvalue weighted by atomic mass is 9.77. The maximum atomic E-state index is 14.5. The van der Waals surface area contributed by atoms with Crippen molar-refractivity contribution >= 4 is 0 Å². The molecule has 0 heterocycles. The summed E-state index contributed by atoms with van der Waals surface area (Å²) in [5, 5.41) is 0. The first-order chi connectivity index (χ1) is 15.1. The molecule has 0 bridgehead atoms. The third-order valence-corrected chi connectivity index (χ3v) is 5.91. The van der Waals surface area contributed by atoms with Crippen LogP contribution in [0.1, 0.15) is 68.9 Å². The van der Waals surface area contributed by atoms with Gasteiger partial charge in [0, 0.05) is 6.07 Å². The molecular weight excluding hydrogens is 434 g/mol. The number of hydrogen-bond acceptors (Lipinski definition) is 2. The van der Waals surface area contributed by atoms with E-state index in [0.717, 1.165) is 43.2 Å². The van der Waals surface area contributed by atoms with Crippen LogP contribution in [0.5, 0.6) is 11.5 Å². The van der Waals surface area contributed by atoms with E-state index < -0.39 is 35.4 Å². The number of benzene rings is 2. The topological polar surface area (TPSA) is 18.5 Å². The lowest BCUT2D eigenvalue weighted by Crippen LogP contribution is -2.22. The van der Waals surface area contributed by atoms with Crippen molar-refractivity contribution in [3.63, 3.8) is 0 Å². The van der Waals surface area contributed by atoms with Crippen LogP contribution < -0.4 is 9.47 Å². The summed E-state index contributed by atoms with van der Waals surface area (Å²) in [6, 6.07) is 7.68. The SMILES string of the molecule is CCCCC1CCC(c2ccc(C(F)(F)Oc3ccc(OC(F)(F)F)c(F)c3)cc2)CC1. The Morgan fingerprint density at radius 3 is 2.09 bits per heavy atom. The van der Waals surface area contributed by atoms with E-state index >= 15 is 0 Å². The fourth-order valence-electron chi connectivity index (χ4n) is 4.19. The Balaban J connectivity index is 1.62. The predicted octanol–water partition coefficient (Wildman–Crippen LogP) is 8.32. The molecule has 2 aromatic rings. The second-order valence-corrected chi connectivity index (χ2v) is 8.24. The molecule has 1 saturated carbocycles. The molecule has 32 heavy (non-hydrogen) atoms. The predicted molar refractivity (Wildman–Crippen MR) is 108 cm³/mol. The van der Waals surface area contributed by atoms with Crippen molar-refractivity contribution in [2.24, 2.45) is 5.92 Å². The standard InChI is InChI=1S/C24H26F6O2/c1-2-3-4-16-5-7-17(8-6-16)18-9-11-19(12-10-18)23(26,27)31-20-13-14-22(21(25)15-20)32-24(28,29)30/h9-17H,2-8H2,1H3. The van der Waals surface area contributed by atoms with Gasteiger partial charge in [-0.25, -0.2) is 4.39 Å². The molecule has 1 aliphatic carbocycles. The molecule has 0 radical (unpaired) electrons. The Morgan fingerprint density at radius 2 is 1.53 bits per heavy atom. The summed E-state index contributed by atoms with van der Waals surface area (Å²) in [6.07, 6.45) is -0.847. The fraction of sp³-hybridized carbons (Fsp3) is 0.500. The van der Waals surface area contributed by atoms with E-state index in [4.69, 9.17) is 0 Å². The molecular formula is C24H26F6O2. The monoisotopic (exact) mass is 460 g/mol. The third-order valence-electron chi connectivity index (χ3n) is 5.91. The first kappa shape index (κ1) is 24.3. The van der Waals surface area contributed by atoms with E-state index in [2.05, 4.69) is 16.4 Å². The molecule has 0 amide bonds. The van der Waals surface area contributed by atoms with Gasteiger partial charge in [0.1, 0.15) is 5.75 Å². The summed E-state index contributed by atoms with van der Waals surface area (Å²) in [5.41, 5.74) is 0.576. The van der Waals surface area contributed by atoms with Crippen LogP contribution in [0.2, 0.25) is 0 Å². The highest BCUT2D eigenvalue weighted by atomic mass is 19.4. The largest absolute Gasteiger partial charge is 0.573 e. The van der Waals surface area contributed by atoms with Crippen LogP contribution in [-0.2, 0) is 6.11 Å². The van der Waals surface area contributed by atoms with Crippen LogP contribution >= 0.6 is 0 Å². The summed E-state index contributed by atoms with van der Waals surface area (Å²) in [4.78, 5) is 0. The van der Waals surface area contributed by atoms with Gasteiger partial charge in [0.05, 0.1) is 5.56 Å². The molecule has 0 aliphatic heterocycles. The smallest absolute Gasteiger partial charge is 0.429 e. The zero-order chi connectivity index (χ0) is 23.4. The van der Waals surface area contributed by atoms with Crippen molar-refractivity contribution in [3.05, 3.63) is 59.4 Å². The quantitative estimate of drug-likeness (QED) is 0.369. The molecule has 1 fully saturated rings. The van der Waals surface area contributed by atoms with E-state index in [-0.39, 0.29) is 0 Å². The molecule has 2 aromatic carbocycles. The molecule has 2 nitrogen and oxygen atoms in total. The molecule has 0 atom stereocenters. The Bertz CT molecular complexity index is 871.